The van der Waals surface area contributed by atoms with E-state index in [2.05, 4.69) is 30.2 Å². The molecule has 3 atom stereocenters. The Kier molecular flexibility index (Phi) is 4.37. The number of hydrogen-bond donors (Lipinski definition) is 1. The first-order valence-corrected chi connectivity index (χ1v) is 8.54. The van der Waals surface area contributed by atoms with E-state index >= 15 is 0 Å². The van der Waals surface area contributed by atoms with Crippen LogP contribution in [0, 0.1) is 17.8 Å². The number of anilines is 1. The average molecular weight is 336 g/mol. The third-order valence-corrected chi connectivity index (χ3v) is 5.02. The van der Waals surface area contributed by atoms with E-state index in [4.69, 9.17) is 0 Å². The molecule has 0 aromatic carbocycles. The van der Waals surface area contributed by atoms with E-state index in [0.717, 1.165) is 37.6 Å². The smallest absolute Gasteiger partial charge is 0.244 e. The first kappa shape index (κ1) is 15.7. The molecular weight excluding hydrogens is 316 g/mol. The van der Waals surface area contributed by atoms with Gasteiger partial charge in [0.1, 0.15) is 12.7 Å². The van der Waals surface area contributed by atoms with Crippen molar-refractivity contribution in [2.45, 2.75) is 6.42 Å². The van der Waals surface area contributed by atoms with Gasteiger partial charge in [-0.2, -0.15) is 0 Å². The molecule has 0 radical (unpaired) electrons. The summed E-state index contributed by atoms with van der Waals surface area (Å²) in [7, 11) is 0. The Morgan fingerprint density at radius 3 is 2.76 bits per heavy atom. The highest BCUT2D eigenvalue weighted by Crippen LogP contribution is 2.53. The number of nitrogens with zero attached hydrogens (tertiary/aromatic N) is 5. The minimum atomic E-state index is -0.0542. The Labute approximate surface area is 146 Å². The molecule has 1 N–H and O–H groups in total. The van der Waals surface area contributed by atoms with Crippen LogP contribution in [0.1, 0.15) is 12.0 Å². The van der Waals surface area contributed by atoms with Crippen LogP contribution in [0.4, 0.5) is 5.95 Å². The molecule has 1 amide bonds. The van der Waals surface area contributed by atoms with E-state index in [-0.39, 0.29) is 5.91 Å². The molecule has 2 fully saturated rings. The molecule has 2 aliphatic rings. The van der Waals surface area contributed by atoms with Crippen molar-refractivity contribution in [2.75, 3.05) is 24.5 Å². The van der Waals surface area contributed by atoms with Crippen LogP contribution in [0.5, 0.6) is 0 Å². The second kappa shape index (κ2) is 6.96. The second-order valence-electron chi connectivity index (χ2n) is 6.53. The number of piperidine rings is 1. The molecule has 0 spiro atoms. The third kappa shape index (κ3) is 3.65. The predicted octanol–water partition coefficient (Wildman–Crippen LogP) is 1.17. The SMILES string of the molecule is O=C(/C=C/c1cccnc1)NCC[C@@H]1[C@H]2CN(c3ncncn3)C[C@@H]12. The topological polar surface area (TPSA) is 83.9 Å². The van der Waals surface area contributed by atoms with Crippen molar-refractivity contribution in [2.24, 2.45) is 17.8 Å². The zero-order valence-corrected chi connectivity index (χ0v) is 13.8. The fraction of sp³-hybridized carbons (Fsp3) is 0.389. The van der Waals surface area contributed by atoms with Gasteiger partial charge in [0.05, 0.1) is 0 Å². The first-order chi connectivity index (χ1) is 12.3. The van der Waals surface area contributed by atoms with Gasteiger partial charge in [-0.25, -0.2) is 15.0 Å². The molecule has 0 bridgehead atoms. The lowest BCUT2D eigenvalue weighted by molar-refractivity contribution is -0.116. The number of fused-ring (bicyclic) bond motifs is 1. The molecule has 1 aliphatic carbocycles. The molecule has 128 valence electrons. The number of carbonyl (C=O) groups is 1. The van der Waals surface area contributed by atoms with Crippen molar-refractivity contribution in [3.8, 4) is 0 Å². The Morgan fingerprint density at radius 1 is 1.24 bits per heavy atom. The van der Waals surface area contributed by atoms with E-state index in [0.29, 0.717) is 17.8 Å². The summed E-state index contributed by atoms with van der Waals surface area (Å²) in [5, 5.41) is 2.96. The summed E-state index contributed by atoms with van der Waals surface area (Å²) in [6.45, 7) is 2.74. The van der Waals surface area contributed by atoms with Crippen molar-refractivity contribution in [3.63, 3.8) is 0 Å². The van der Waals surface area contributed by atoms with Crippen molar-refractivity contribution in [1.29, 1.82) is 0 Å². The Hall–Kier alpha value is -2.83. The number of carbonyl (C=O) groups excluding carboxylic acids is 1. The van der Waals surface area contributed by atoms with Gasteiger partial charge in [0.2, 0.25) is 11.9 Å². The maximum absolute atomic E-state index is 11.9. The molecule has 7 heteroatoms. The molecule has 3 heterocycles. The molecule has 1 aliphatic heterocycles. The zero-order valence-electron chi connectivity index (χ0n) is 13.8. The molecule has 2 aromatic heterocycles. The quantitative estimate of drug-likeness (QED) is 0.797. The fourth-order valence-electron chi connectivity index (χ4n) is 3.70. The lowest BCUT2D eigenvalue weighted by atomic mass is 10.2. The molecule has 1 saturated carbocycles. The van der Waals surface area contributed by atoms with Crippen LogP contribution in [0.3, 0.4) is 0 Å². The highest BCUT2D eigenvalue weighted by atomic mass is 16.1. The van der Waals surface area contributed by atoms with Crippen molar-refractivity contribution in [1.82, 2.24) is 25.3 Å². The molecule has 0 unspecified atom stereocenters. The summed E-state index contributed by atoms with van der Waals surface area (Å²) >= 11 is 0. The van der Waals surface area contributed by atoms with Crippen molar-refractivity contribution < 1.29 is 4.79 Å². The lowest BCUT2D eigenvalue weighted by Crippen LogP contribution is -2.27. The second-order valence-corrected chi connectivity index (χ2v) is 6.53. The van der Waals surface area contributed by atoms with Gasteiger partial charge < -0.3 is 10.2 Å². The van der Waals surface area contributed by atoms with Crippen LogP contribution in [-0.4, -0.2) is 45.5 Å². The van der Waals surface area contributed by atoms with Crippen LogP contribution < -0.4 is 10.2 Å². The molecular formula is C18H20N6O. The predicted molar refractivity (Wildman–Crippen MR) is 93.4 cm³/mol. The number of amides is 1. The molecule has 2 aromatic rings. The van der Waals surface area contributed by atoms with Gasteiger partial charge in [-0.3, -0.25) is 9.78 Å². The van der Waals surface area contributed by atoms with Gasteiger partial charge in [0, 0.05) is 38.1 Å². The van der Waals surface area contributed by atoms with Gasteiger partial charge in [-0.15, -0.1) is 0 Å². The van der Waals surface area contributed by atoms with Crippen molar-refractivity contribution >= 4 is 17.9 Å². The van der Waals surface area contributed by atoms with Crippen LogP contribution in [0.25, 0.3) is 6.08 Å². The Balaban J connectivity index is 1.17. The Bertz CT molecular complexity index is 739. The molecule has 1 saturated heterocycles. The largest absolute Gasteiger partial charge is 0.353 e. The summed E-state index contributed by atoms with van der Waals surface area (Å²) in [5.41, 5.74) is 0.924. The summed E-state index contributed by atoms with van der Waals surface area (Å²) in [4.78, 5) is 30.4. The summed E-state index contributed by atoms with van der Waals surface area (Å²) in [6.07, 6.45) is 10.9. The maximum atomic E-state index is 11.9. The lowest BCUT2D eigenvalue weighted by Gasteiger charge is -2.19. The van der Waals surface area contributed by atoms with Crippen LogP contribution in [0.2, 0.25) is 0 Å². The van der Waals surface area contributed by atoms with Gasteiger partial charge >= 0.3 is 0 Å². The van der Waals surface area contributed by atoms with Crippen LogP contribution >= 0.6 is 0 Å². The fourth-order valence-corrected chi connectivity index (χ4v) is 3.70. The van der Waals surface area contributed by atoms with Gasteiger partial charge in [-0.1, -0.05) is 6.07 Å². The standard InChI is InChI=1S/C18H20N6O/c25-17(4-3-13-2-1-6-19-8-13)21-7-5-14-15-9-24(10-16(14)15)18-22-11-20-12-23-18/h1-4,6,8,11-12,14-16H,5,7,9-10H2,(H,21,25)/b4-3+/t14-,15-,16+. The number of rotatable bonds is 6. The molecule has 7 nitrogen and oxygen atoms in total. The summed E-state index contributed by atoms with van der Waals surface area (Å²) in [6, 6.07) is 3.77. The summed E-state index contributed by atoms with van der Waals surface area (Å²) < 4.78 is 0. The zero-order chi connectivity index (χ0) is 17.1. The number of aromatic nitrogens is 4. The van der Waals surface area contributed by atoms with Crippen molar-refractivity contribution in [3.05, 3.63) is 48.8 Å². The van der Waals surface area contributed by atoms with Gasteiger partial charge in [0.25, 0.3) is 0 Å². The Morgan fingerprint density at radius 2 is 2.04 bits per heavy atom. The maximum Gasteiger partial charge on any atom is 0.244 e. The van der Waals surface area contributed by atoms with Gasteiger partial charge in [-0.05, 0) is 41.9 Å². The normalized spacial score (nSPS) is 24.3. The van der Waals surface area contributed by atoms with E-state index in [1.165, 1.54) is 12.7 Å². The highest BCUT2D eigenvalue weighted by molar-refractivity contribution is 5.91. The minimum Gasteiger partial charge on any atom is -0.353 e. The van der Waals surface area contributed by atoms with E-state index in [9.17, 15) is 4.79 Å². The van der Waals surface area contributed by atoms with E-state index in [1.54, 1.807) is 24.5 Å². The van der Waals surface area contributed by atoms with Crippen LogP contribution in [-0.2, 0) is 4.79 Å². The number of hydrogen-bond acceptors (Lipinski definition) is 6. The first-order valence-electron chi connectivity index (χ1n) is 8.54. The third-order valence-electron chi connectivity index (χ3n) is 5.02. The minimum absolute atomic E-state index is 0.0542. The van der Waals surface area contributed by atoms with Gasteiger partial charge in [0.15, 0.2) is 0 Å². The number of pyridine rings is 1. The highest BCUT2D eigenvalue weighted by Gasteiger charge is 2.55. The average Bonchev–Trinajstić information content (AvgIpc) is 3.11. The molecule has 4 rings (SSSR count). The number of nitrogens with one attached hydrogen (secondary N) is 1. The van der Waals surface area contributed by atoms with E-state index in [1.807, 2.05) is 12.1 Å². The molecule has 25 heavy (non-hydrogen) atoms. The van der Waals surface area contributed by atoms with E-state index < -0.39 is 0 Å². The monoisotopic (exact) mass is 336 g/mol. The summed E-state index contributed by atoms with van der Waals surface area (Å²) in [5.74, 6) is 2.84. The van der Waals surface area contributed by atoms with Crippen LogP contribution in [0.15, 0.2) is 43.3 Å².